The van der Waals surface area contributed by atoms with E-state index in [1.807, 2.05) is 6.07 Å². The van der Waals surface area contributed by atoms with Crippen molar-refractivity contribution in [2.24, 2.45) is 0 Å². The highest BCUT2D eigenvalue weighted by atomic mass is 16.3. The van der Waals surface area contributed by atoms with Gasteiger partial charge in [0, 0.05) is 12.0 Å². The number of nitrogens with zero attached hydrogens (tertiary/aromatic N) is 3. The molecule has 1 atom stereocenters. The molecule has 1 saturated heterocycles. The molecule has 1 aromatic heterocycles. The minimum absolute atomic E-state index is 0.0729. The van der Waals surface area contributed by atoms with Gasteiger partial charge < -0.3 is 10.0 Å². The highest BCUT2D eigenvalue weighted by molar-refractivity contribution is 5.88. The summed E-state index contributed by atoms with van der Waals surface area (Å²) in [4.78, 5) is 14.1. The van der Waals surface area contributed by atoms with Crippen LogP contribution in [0.1, 0.15) is 53.2 Å². The maximum atomic E-state index is 12.4. The number of urea groups is 1. The Hall–Kier alpha value is -1.69. The van der Waals surface area contributed by atoms with Crippen molar-refractivity contribution in [2.75, 3.05) is 11.9 Å². The van der Waals surface area contributed by atoms with Gasteiger partial charge in [-0.3, -0.25) is 5.32 Å². The van der Waals surface area contributed by atoms with Crippen LogP contribution in [0.15, 0.2) is 12.1 Å². The predicted octanol–water partition coefficient (Wildman–Crippen LogP) is 2.54. The Morgan fingerprint density at radius 1 is 1.27 bits per heavy atom. The van der Waals surface area contributed by atoms with Gasteiger partial charge in [-0.05, 0) is 38.8 Å². The van der Waals surface area contributed by atoms with Crippen molar-refractivity contribution in [3.63, 3.8) is 0 Å². The van der Waals surface area contributed by atoms with Crippen LogP contribution >= 0.6 is 0 Å². The largest absolute Gasteiger partial charge is 0.388 e. The first kappa shape index (κ1) is 16.7. The van der Waals surface area contributed by atoms with Crippen molar-refractivity contribution in [1.29, 1.82) is 0 Å². The third-order valence-corrected chi connectivity index (χ3v) is 4.00. The lowest BCUT2D eigenvalue weighted by Crippen LogP contribution is -2.49. The second kappa shape index (κ2) is 5.83. The quantitative estimate of drug-likeness (QED) is 0.880. The Morgan fingerprint density at radius 3 is 2.45 bits per heavy atom. The summed E-state index contributed by atoms with van der Waals surface area (Å²) in [6, 6.07) is 3.23. The zero-order valence-corrected chi connectivity index (χ0v) is 14.1. The highest BCUT2D eigenvalue weighted by Gasteiger charge is 2.38. The summed E-state index contributed by atoms with van der Waals surface area (Å²) in [5, 5.41) is 21.2. The summed E-state index contributed by atoms with van der Waals surface area (Å²) in [6.07, 6.45) is 1.71. The smallest absolute Gasteiger partial charge is 0.323 e. The van der Waals surface area contributed by atoms with Crippen molar-refractivity contribution in [3.05, 3.63) is 17.8 Å². The van der Waals surface area contributed by atoms with Crippen LogP contribution in [0, 0.1) is 0 Å². The second-order valence-corrected chi connectivity index (χ2v) is 7.49. The first-order chi connectivity index (χ1) is 10.1. The molecule has 6 nitrogen and oxygen atoms in total. The summed E-state index contributed by atoms with van der Waals surface area (Å²) in [7, 11) is 0. The minimum Gasteiger partial charge on any atom is -0.388 e. The fourth-order valence-corrected chi connectivity index (χ4v) is 2.72. The normalized spacial score (nSPS) is 19.4. The van der Waals surface area contributed by atoms with Crippen molar-refractivity contribution >= 4 is 11.8 Å². The van der Waals surface area contributed by atoms with Crippen LogP contribution in [0.5, 0.6) is 0 Å². The lowest BCUT2D eigenvalue weighted by molar-refractivity contribution is 0.0117. The van der Waals surface area contributed by atoms with Crippen LogP contribution in [-0.4, -0.2) is 44.4 Å². The number of hydrogen-bond donors (Lipinski definition) is 2. The monoisotopic (exact) mass is 306 g/mol. The Morgan fingerprint density at radius 2 is 1.95 bits per heavy atom. The molecule has 6 heteroatoms. The van der Waals surface area contributed by atoms with Gasteiger partial charge in [-0.25, -0.2) is 4.79 Å². The number of carbonyl (C=O) groups is 1. The Balaban J connectivity index is 2.06. The van der Waals surface area contributed by atoms with Gasteiger partial charge in [0.25, 0.3) is 0 Å². The molecular weight excluding hydrogens is 280 g/mol. The average Bonchev–Trinajstić information content (AvgIpc) is 2.87. The molecule has 0 aliphatic carbocycles. The third-order valence-electron chi connectivity index (χ3n) is 4.00. The minimum atomic E-state index is -0.907. The molecule has 2 rings (SSSR count). The van der Waals surface area contributed by atoms with Gasteiger partial charge in [0.15, 0.2) is 5.82 Å². The number of amides is 2. The fourth-order valence-electron chi connectivity index (χ4n) is 2.72. The van der Waals surface area contributed by atoms with E-state index in [1.54, 1.807) is 24.8 Å². The van der Waals surface area contributed by atoms with Crippen LogP contribution in [0.25, 0.3) is 0 Å². The number of hydrogen-bond acceptors (Lipinski definition) is 4. The first-order valence-corrected chi connectivity index (χ1v) is 7.73. The maximum absolute atomic E-state index is 12.4. The molecule has 0 aromatic carbocycles. The van der Waals surface area contributed by atoms with E-state index in [2.05, 4.69) is 36.3 Å². The number of likely N-dealkylation sites (tertiary alicyclic amines) is 1. The van der Waals surface area contributed by atoms with E-state index in [9.17, 15) is 9.90 Å². The van der Waals surface area contributed by atoms with E-state index >= 15 is 0 Å². The van der Waals surface area contributed by atoms with Crippen molar-refractivity contribution in [3.8, 4) is 0 Å². The first-order valence-electron chi connectivity index (χ1n) is 7.73. The highest BCUT2D eigenvalue weighted by Crippen LogP contribution is 2.27. The van der Waals surface area contributed by atoms with Crippen LogP contribution in [0.4, 0.5) is 10.6 Å². The van der Waals surface area contributed by atoms with E-state index in [0.29, 0.717) is 12.4 Å². The summed E-state index contributed by atoms with van der Waals surface area (Å²) in [5.41, 5.74) is -0.104. The fraction of sp³-hybridized carbons (Fsp3) is 0.688. The zero-order chi connectivity index (χ0) is 16.5. The maximum Gasteiger partial charge on any atom is 0.323 e. The van der Waals surface area contributed by atoms with Crippen molar-refractivity contribution < 1.29 is 9.90 Å². The van der Waals surface area contributed by atoms with Gasteiger partial charge in [0.05, 0.1) is 17.3 Å². The molecule has 2 amide bonds. The van der Waals surface area contributed by atoms with Gasteiger partial charge in [0.2, 0.25) is 0 Å². The Labute approximate surface area is 131 Å². The zero-order valence-electron chi connectivity index (χ0n) is 14.1. The average molecular weight is 306 g/mol. The molecule has 1 aromatic rings. The standard InChI is InChI=1S/C16H26N4O2/c1-15(2,3)11-8-9-13(19-18-11)17-14(21)20-10-6-7-12(20)16(4,5)22/h8-9,12,22H,6-7,10H2,1-5H3,(H,17,19,21)/t12-/m1/s1. The van der Waals surface area contributed by atoms with E-state index in [4.69, 9.17) is 0 Å². The number of aliphatic hydroxyl groups is 1. The molecule has 0 saturated carbocycles. The summed E-state index contributed by atoms with van der Waals surface area (Å²) in [6.45, 7) is 10.3. The van der Waals surface area contributed by atoms with E-state index in [1.165, 1.54) is 0 Å². The van der Waals surface area contributed by atoms with Gasteiger partial charge in [-0.1, -0.05) is 20.8 Å². The predicted molar refractivity (Wildman–Crippen MR) is 85.8 cm³/mol. The van der Waals surface area contributed by atoms with Crippen LogP contribution in [0.3, 0.4) is 0 Å². The molecular formula is C16H26N4O2. The van der Waals surface area contributed by atoms with Gasteiger partial charge in [-0.2, -0.15) is 5.10 Å². The lowest BCUT2D eigenvalue weighted by Gasteiger charge is -2.33. The number of nitrogens with one attached hydrogen (secondary N) is 1. The van der Waals surface area contributed by atoms with Gasteiger partial charge in [0.1, 0.15) is 0 Å². The molecule has 1 aliphatic heterocycles. The van der Waals surface area contributed by atoms with Crippen molar-refractivity contribution in [1.82, 2.24) is 15.1 Å². The number of aromatic nitrogens is 2. The van der Waals surface area contributed by atoms with E-state index < -0.39 is 5.60 Å². The molecule has 122 valence electrons. The molecule has 0 spiro atoms. The summed E-state index contributed by atoms with van der Waals surface area (Å²) >= 11 is 0. The lowest BCUT2D eigenvalue weighted by atomic mass is 9.92. The number of anilines is 1. The van der Waals surface area contributed by atoms with Crippen LogP contribution in [-0.2, 0) is 5.41 Å². The SMILES string of the molecule is CC(C)(C)c1ccc(NC(=O)N2CCC[C@@H]2C(C)(C)O)nn1. The second-order valence-electron chi connectivity index (χ2n) is 7.49. The van der Waals surface area contributed by atoms with E-state index in [-0.39, 0.29) is 17.5 Å². The van der Waals surface area contributed by atoms with Gasteiger partial charge >= 0.3 is 6.03 Å². The number of carbonyl (C=O) groups excluding carboxylic acids is 1. The van der Waals surface area contributed by atoms with Gasteiger partial charge in [-0.15, -0.1) is 5.10 Å². The summed E-state index contributed by atoms with van der Waals surface area (Å²) < 4.78 is 0. The summed E-state index contributed by atoms with van der Waals surface area (Å²) in [5.74, 6) is 0.430. The van der Waals surface area contributed by atoms with Crippen LogP contribution < -0.4 is 5.32 Å². The Kier molecular flexibility index (Phi) is 4.42. The number of rotatable bonds is 2. The molecule has 0 radical (unpaired) electrons. The molecule has 1 aliphatic rings. The molecule has 2 heterocycles. The third kappa shape index (κ3) is 3.74. The topological polar surface area (TPSA) is 78.4 Å². The molecule has 1 fully saturated rings. The molecule has 22 heavy (non-hydrogen) atoms. The van der Waals surface area contributed by atoms with E-state index in [0.717, 1.165) is 18.5 Å². The van der Waals surface area contributed by atoms with Crippen molar-refractivity contribution in [2.45, 2.75) is 64.5 Å². The molecule has 2 N–H and O–H groups in total. The molecule has 0 bridgehead atoms. The Bertz CT molecular complexity index is 529. The molecule has 0 unspecified atom stereocenters. The van der Waals surface area contributed by atoms with Crippen LogP contribution in [0.2, 0.25) is 0 Å².